The van der Waals surface area contributed by atoms with Crippen LogP contribution in [0.1, 0.15) is 29.9 Å². The molecule has 0 saturated carbocycles. The molecule has 2 amide bonds. The number of hydrogen-bond acceptors (Lipinski definition) is 3. The van der Waals surface area contributed by atoms with E-state index in [0.717, 1.165) is 22.2 Å². The highest BCUT2D eigenvalue weighted by molar-refractivity contribution is 6.00. The molecule has 2 aromatic carbocycles. The highest BCUT2D eigenvalue weighted by atomic mass is 16.5. The molecular weight excluding hydrogens is 354 g/mol. The zero-order chi connectivity index (χ0) is 20.1. The lowest BCUT2D eigenvalue weighted by Gasteiger charge is -2.21. The number of aromatic amines is 1. The highest BCUT2D eigenvalue weighted by Crippen LogP contribution is 2.15. The van der Waals surface area contributed by atoms with Crippen LogP contribution in [0.25, 0.3) is 10.9 Å². The van der Waals surface area contributed by atoms with Gasteiger partial charge in [0.2, 0.25) is 5.91 Å². The average Bonchev–Trinajstić information content (AvgIpc) is 3.14. The van der Waals surface area contributed by atoms with E-state index in [1.54, 1.807) is 13.2 Å². The lowest BCUT2D eigenvalue weighted by atomic mass is 10.0. The second-order valence-corrected chi connectivity index (χ2v) is 7.03. The fraction of sp³-hybridized carbons (Fsp3) is 0.273. The van der Waals surface area contributed by atoms with Gasteiger partial charge in [0.1, 0.15) is 17.5 Å². The summed E-state index contributed by atoms with van der Waals surface area (Å²) in [5.41, 5.74) is 2.28. The van der Waals surface area contributed by atoms with Gasteiger partial charge in [-0.2, -0.15) is 0 Å². The van der Waals surface area contributed by atoms with Crippen molar-refractivity contribution in [2.45, 2.75) is 26.4 Å². The van der Waals surface area contributed by atoms with Crippen molar-refractivity contribution in [3.63, 3.8) is 0 Å². The number of nitrogens with one attached hydrogen (secondary N) is 3. The second kappa shape index (κ2) is 8.61. The minimum atomic E-state index is -0.628. The molecule has 1 atom stereocenters. The molecule has 3 aromatic rings. The Hall–Kier alpha value is -3.28. The first-order valence-electron chi connectivity index (χ1n) is 9.27. The van der Waals surface area contributed by atoms with Gasteiger partial charge in [-0.1, -0.05) is 44.2 Å². The Bertz CT molecular complexity index is 928. The van der Waals surface area contributed by atoms with Crippen LogP contribution in [0.15, 0.2) is 54.6 Å². The molecule has 6 heteroatoms. The number of rotatable bonds is 7. The van der Waals surface area contributed by atoms with Crippen molar-refractivity contribution < 1.29 is 14.3 Å². The molecule has 146 valence electrons. The van der Waals surface area contributed by atoms with Crippen LogP contribution >= 0.6 is 0 Å². The number of methoxy groups -OCH3 is 1. The third-order valence-corrected chi connectivity index (χ3v) is 4.64. The molecule has 0 aliphatic rings. The largest absolute Gasteiger partial charge is 0.497 e. The minimum absolute atomic E-state index is 0.0517. The summed E-state index contributed by atoms with van der Waals surface area (Å²) in [6.07, 6.45) is 0. The van der Waals surface area contributed by atoms with Crippen molar-refractivity contribution in [1.82, 2.24) is 15.6 Å². The van der Waals surface area contributed by atoms with Crippen LogP contribution in [-0.2, 0) is 11.3 Å². The van der Waals surface area contributed by atoms with Gasteiger partial charge in [-0.25, -0.2) is 0 Å². The quantitative estimate of drug-likeness (QED) is 0.589. The first kappa shape index (κ1) is 19.5. The number of hydrogen-bond donors (Lipinski definition) is 3. The smallest absolute Gasteiger partial charge is 0.268 e. The Balaban J connectivity index is 1.64. The zero-order valence-corrected chi connectivity index (χ0v) is 16.3. The molecule has 0 radical (unpaired) electrons. The summed E-state index contributed by atoms with van der Waals surface area (Å²) in [6, 6.07) is 16.3. The number of ether oxygens (including phenoxy) is 1. The van der Waals surface area contributed by atoms with Crippen molar-refractivity contribution in [3.05, 3.63) is 65.9 Å². The van der Waals surface area contributed by atoms with Crippen LogP contribution in [0.2, 0.25) is 0 Å². The van der Waals surface area contributed by atoms with Crippen LogP contribution in [0.5, 0.6) is 5.75 Å². The summed E-state index contributed by atoms with van der Waals surface area (Å²) >= 11 is 0. The van der Waals surface area contributed by atoms with E-state index < -0.39 is 6.04 Å². The van der Waals surface area contributed by atoms with E-state index in [4.69, 9.17) is 4.74 Å². The van der Waals surface area contributed by atoms with E-state index >= 15 is 0 Å². The maximum Gasteiger partial charge on any atom is 0.268 e. The summed E-state index contributed by atoms with van der Waals surface area (Å²) in [4.78, 5) is 28.4. The Morgan fingerprint density at radius 1 is 1.07 bits per heavy atom. The van der Waals surface area contributed by atoms with Gasteiger partial charge in [0.05, 0.1) is 7.11 Å². The monoisotopic (exact) mass is 379 g/mol. The average molecular weight is 379 g/mol. The normalized spacial score (nSPS) is 12.0. The van der Waals surface area contributed by atoms with Gasteiger partial charge in [-0.3, -0.25) is 9.59 Å². The number of amides is 2. The zero-order valence-electron chi connectivity index (χ0n) is 16.3. The predicted octanol–water partition coefficient (Wildman–Crippen LogP) is 3.25. The minimum Gasteiger partial charge on any atom is -0.497 e. The van der Waals surface area contributed by atoms with Crippen LogP contribution in [0.3, 0.4) is 0 Å². The van der Waals surface area contributed by atoms with Gasteiger partial charge in [0.15, 0.2) is 0 Å². The summed E-state index contributed by atoms with van der Waals surface area (Å²) in [6.45, 7) is 4.19. The van der Waals surface area contributed by atoms with Gasteiger partial charge in [0.25, 0.3) is 5.91 Å². The number of carbonyl (C=O) groups excluding carboxylic acids is 2. The summed E-state index contributed by atoms with van der Waals surface area (Å²) < 4.78 is 5.13. The van der Waals surface area contributed by atoms with Crippen molar-refractivity contribution in [1.29, 1.82) is 0 Å². The van der Waals surface area contributed by atoms with E-state index in [9.17, 15) is 9.59 Å². The van der Waals surface area contributed by atoms with Gasteiger partial charge >= 0.3 is 0 Å². The van der Waals surface area contributed by atoms with Gasteiger partial charge in [0, 0.05) is 17.4 Å². The fourth-order valence-corrected chi connectivity index (χ4v) is 2.99. The number of benzene rings is 2. The van der Waals surface area contributed by atoms with Crippen molar-refractivity contribution in [2.24, 2.45) is 5.92 Å². The van der Waals surface area contributed by atoms with E-state index in [2.05, 4.69) is 15.6 Å². The number of aromatic nitrogens is 1. The van der Waals surface area contributed by atoms with E-state index in [0.29, 0.717) is 12.2 Å². The summed E-state index contributed by atoms with van der Waals surface area (Å²) in [5, 5.41) is 6.70. The maximum atomic E-state index is 12.7. The Labute approximate surface area is 164 Å². The van der Waals surface area contributed by atoms with Crippen molar-refractivity contribution in [2.75, 3.05) is 7.11 Å². The summed E-state index contributed by atoms with van der Waals surface area (Å²) in [7, 11) is 1.61. The molecule has 0 fully saturated rings. The van der Waals surface area contributed by atoms with E-state index in [1.165, 1.54) is 0 Å². The second-order valence-electron chi connectivity index (χ2n) is 7.03. The predicted molar refractivity (Wildman–Crippen MR) is 109 cm³/mol. The number of H-pyrrole nitrogens is 1. The topological polar surface area (TPSA) is 83.2 Å². The van der Waals surface area contributed by atoms with Gasteiger partial charge in [-0.05, 0) is 35.7 Å². The molecule has 0 bridgehead atoms. The highest BCUT2D eigenvalue weighted by Gasteiger charge is 2.25. The molecule has 28 heavy (non-hydrogen) atoms. The first-order valence-corrected chi connectivity index (χ1v) is 9.27. The van der Waals surface area contributed by atoms with Crippen LogP contribution in [0, 0.1) is 5.92 Å². The molecular formula is C22H25N3O3. The van der Waals surface area contributed by atoms with Crippen molar-refractivity contribution >= 4 is 22.7 Å². The first-order chi connectivity index (χ1) is 13.5. The molecule has 0 saturated heterocycles. The molecule has 0 aliphatic heterocycles. The Morgan fingerprint density at radius 3 is 2.43 bits per heavy atom. The van der Waals surface area contributed by atoms with Crippen LogP contribution in [0.4, 0.5) is 0 Å². The third-order valence-electron chi connectivity index (χ3n) is 4.64. The molecule has 3 rings (SSSR count). The SMILES string of the molecule is COc1ccc(CNC(=O)[C@@H](NC(=O)c2cc3ccccc3[nH]2)C(C)C)cc1. The maximum absolute atomic E-state index is 12.7. The van der Waals surface area contributed by atoms with Crippen LogP contribution < -0.4 is 15.4 Å². The molecule has 0 unspecified atom stereocenters. The van der Waals surface area contributed by atoms with E-state index in [1.807, 2.05) is 62.4 Å². The lowest BCUT2D eigenvalue weighted by Crippen LogP contribution is -2.49. The van der Waals surface area contributed by atoms with E-state index in [-0.39, 0.29) is 17.7 Å². The Kier molecular flexibility index (Phi) is 5.99. The van der Waals surface area contributed by atoms with Gasteiger partial charge < -0.3 is 20.4 Å². The fourth-order valence-electron chi connectivity index (χ4n) is 2.99. The molecule has 3 N–H and O–H groups in total. The van der Waals surface area contributed by atoms with Crippen molar-refractivity contribution in [3.8, 4) is 5.75 Å². The molecule has 0 spiro atoms. The standard InChI is InChI=1S/C22H25N3O3/c1-14(2)20(22(27)23-13-15-8-10-17(28-3)11-9-15)25-21(26)19-12-16-6-4-5-7-18(16)24-19/h4-12,14,20,24H,13H2,1-3H3,(H,23,27)(H,25,26)/t20-/m0/s1. The number of carbonyl (C=O) groups is 2. The van der Waals surface area contributed by atoms with Gasteiger partial charge in [-0.15, -0.1) is 0 Å². The third kappa shape index (κ3) is 4.52. The molecule has 1 heterocycles. The molecule has 6 nitrogen and oxygen atoms in total. The number of para-hydroxylation sites is 1. The Morgan fingerprint density at radius 2 is 1.79 bits per heavy atom. The summed E-state index contributed by atoms with van der Waals surface area (Å²) in [5.74, 6) is 0.203. The molecule has 0 aliphatic carbocycles. The number of fused-ring (bicyclic) bond motifs is 1. The van der Waals surface area contributed by atoms with Crippen LogP contribution in [-0.4, -0.2) is 29.9 Å². The molecule has 1 aromatic heterocycles. The lowest BCUT2D eigenvalue weighted by molar-refractivity contribution is -0.124.